The van der Waals surface area contributed by atoms with Crippen LogP contribution in [0.4, 0.5) is 0 Å². The molecule has 2 aromatic rings. The third-order valence-electron chi connectivity index (χ3n) is 4.85. The van der Waals surface area contributed by atoms with Crippen molar-refractivity contribution in [3.63, 3.8) is 0 Å². The Bertz CT molecular complexity index is 673. The van der Waals surface area contributed by atoms with Crippen molar-refractivity contribution in [2.45, 2.75) is 58.9 Å². The molecule has 0 aromatic heterocycles. The molecular formula is C25H34N2. The Balaban J connectivity index is 2.51. The number of aliphatic imine (C=N–C) groups is 1. The molecular weight excluding hydrogens is 328 g/mol. The van der Waals surface area contributed by atoms with Crippen LogP contribution in [0, 0.1) is 5.92 Å². The molecule has 0 aliphatic heterocycles. The van der Waals surface area contributed by atoms with Gasteiger partial charge >= 0.3 is 0 Å². The van der Waals surface area contributed by atoms with Crippen LogP contribution in [0.2, 0.25) is 0 Å². The summed E-state index contributed by atoms with van der Waals surface area (Å²) in [5.41, 5.74) is 10.5. The highest BCUT2D eigenvalue weighted by Gasteiger charge is 2.18. The van der Waals surface area contributed by atoms with E-state index >= 15 is 0 Å². The third-order valence-corrected chi connectivity index (χ3v) is 4.85. The van der Waals surface area contributed by atoms with Crippen molar-refractivity contribution in [2.24, 2.45) is 16.6 Å². The molecule has 0 aliphatic rings. The Labute approximate surface area is 165 Å². The highest BCUT2D eigenvalue weighted by atomic mass is 14.8. The van der Waals surface area contributed by atoms with E-state index < -0.39 is 0 Å². The summed E-state index contributed by atoms with van der Waals surface area (Å²) in [6.45, 7) is 6.46. The van der Waals surface area contributed by atoms with Crippen LogP contribution >= 0.6 is 0 Å². The standard InChI is InChI=1S/C25H34N2/c1-4-6-14-21(13-5-2)24(19-20(3)26)27-25(22-15-9-7-10-16-22)23-17-11-8-12-18-23/h7-12,15-19,21,25H,4-6,13-14,26H2,1-3H3/b20-19+,27-24+. The van der Waals surface area contributed by atoms with Gasteiger partial charge < -0.3 is 5.73 Å². The molecule has 0 aliphatic carbocycles. The number of allylic oxidation sites excluding steroid dienone is 2. The minimum Gasteiger partial charge on any atom is -0.402 e. The van der Waals surface area contributed by atoms with E-state index in [9.17, 15) is 0 Å². The third kappa shape index (κ3) is 6.71. The lowest BCUT2D eigenvalue weighted by molar-refractivity contribution is 0.537. The van der Waals surface area contributed by atoms with Crippen LogP contribution in [-0.4, -0.2) is 5.71 Å². The van der Waals surface area contributed by atoms with Gasteiger partial charge in [0, 0.05) is 17.3 Å². The van der Waals surface area contributed by atoms with E-state index in [1.165, 1.54) is 30.4 Å². The molecule has 0 saturated heterocycles. The van der Waals surface area contributed by atoms with Crippen LogP contribution in [0.25, 0.3) is 0 Å². The monoisotopic (exact) mass is 362 g/mol. The van der Waals surface area contributed by atoms with Gasteiger partial charge in [-0.25, -0.2) is 0 Å². The second kappa shape index (κ2) is 11.4. The second-order valence-electron chi connectivity index (χ2n) is 7.29. The van der Waals surface area contributed by atoms with Gasteiger partial charge in [-0.2, -0.15) is 0 Å². The maximum atomic E-state index is 6.09. The van der Waals surface area contributed by atoms with Crippen molar-refractivity contribution in [2.75, 3.05) is 0 Å². The predicted octanol–water partition coefficient (Wildman–Crippen LogP) is 6.69. The normalized spacial score (nSPS) is 13.8. The smallest absolute Gasteiger partial charge is 0.100 e. The van der Waals surface area contributed by atoms with Gasteiger partial charge in [-0.1, -0.05) is 93.8 Å². The largest absolute Gasteiger partial charge is 0.402 e. The first-order valence-electron chi connectivity index (χ1n) is 10.3. The first-order valence-corrected chi connectivity index (χ1v) is 10.3. The summed E-state index contributed by atoms with van der Waals surface area (Å²) >= 11 is 0. The average Bonchev–Trinajstić information content (AvgIpc) is 2.69. The Morgan fingerprint density at radius 3 is 1.89 bits per heavy atom. The van der Waals surface area contributed by atoms with Crippen molar-refractivity contribution in [3.05, 3.63) is 83.6 Å². The highest BCUT2D eigenvalue weighted by molar-refractivity contribution is 5.97. The Morgan fingerprint density at radius 2 is 1.44 bits per heavy atom. The Morgan fingerprint density at radius 1 is 0.889 bits per heavy atom. The van der Waals surface area contributed by atoms with Gasteiger partial charge in [0.05, 0.1) is 0 Å². The summed E-state index contributed by atoms with van der Waals surface area (Å²) in [7, 11) is 0. The molecule has 2 nitrogen and oxygen atoms in total. The molecule has 0 amide bonds. The maximum absolute atomic E-state index is 6.09. The molecule has 27 heavy (non-hydrogen) atoms. The SMILES string of the molecule is CCCCC(CCC)C(/C=C(\C)N)=N/C(c1ccccc1)c1ccccc1. The lowest BCUT2D eigenvalue weighted by Gasteiger charge is -2.21. The highest BCUT2D eigenvalue weighted by Crippen LogP contribution is 2.29. The van der Waals surface area contributed by atoms with Crippen molar-refractivity contribution in [1.82, 2.24) is 0 Å². The van der Waals surface area contributed by atoms with Gasteiger partial charge in [-0.05, 0) is 37.0 Å². The number of nitrogens with two attached hydrogens (primary N) is 1. The van der Waals surface area contributed by atoms with Gasteiger partial charge in [-0.3, -0.25) is 4.99 Å². The van der Waals surface area contributed by atoms with Crippen molar-refractivity contribution in [3.8, 4) is 0 Å². The van der Waals surface area contributed by atoms with Gasteiger partial charge in [0.15, 0.2) is 0 Å². The molecule has 0 spiro atoms. The van der Waals surface area contributed by atoms with Crippen LogP contribution in [0.15, 0.2) is 77.4 Å². The predicted molar refractivity (Wildman–Crippen MR) is 118 cm³/mol. The second-order valence-corrected chi connectivity index (χ2v) is 7.29. The zero-order chi connectivity index (χ0) is 19.5. The summed E-state index contributed by atoms with van der Waals surface area (Å²) in [5.74, 6) is 0.461. The quantitative estimate of drug-likeness (QED) is 0.470. The summed E-state index contributed by atoms with van der Waals surface area (Å²) in [5, 5.41) is 0. The maximum Gasteiger partial charge on any atom is 0.100 e. The first kappa shape index (κ1) is 21.0. The van der Waals surface area contributed by atoms with Gasteiger partial charge in [0.25, 0.3) is 0 Å². The van der Waals surface area contributed by atoms with Crippen LogP contribution in [0.3, 0.4) is 0 Å². The number of benzene rings is 2. The lowest BCUT2D eigenvalue weighted by atomic mass is 9.90. The number of hydrogen-bond acceptors (Lipinski definition) is 2. The zero-order valence-electron chi connectivity index (χ0n) is 17.1. The molecule has 2 N–H and O–H groups in total. The number of nitrogens with zero attached hydrogens (tertiary/aromatic N) is 1. The van der Waals surface area contributed by atoms with Crippen LogP contribution in [0.5, 0.6) is 0 Å². The van der Waals surface area contributed by atoms with Crippen molar-refractivity contribution < 1.29 is 0 Å². The van der Waals surface area contributed by atoms with E-state index in [0.29, 0.717) is 5.92 Å². The van der Waals surface area contributed by atoms with Gasteiger partial charge in [0.2, 0.25) is 0 Å². The molecule has 0 fully saturated rings. The molecule has 0 saturated carbocycles. The molecule has 1 unspecified atom stereocenters. The van der Waals surface area contributed by atoms with Crippen LogP contribution in [-0.2, 0) is 0 Å². The Hall–Kier alpha value is -2.35. The minimum absolute atomic E-state index is 0.000942. The molecule has 144 valence electrons. The average molecular weight is 363 g/mol. The van der Waals surface area contributed by atoms with E-state index in [0.717, 1.165) is 24.3 Å². The molecule has 2 rings (SSSR count). The first-order chi connectivity index (χ1) is 13.2. The lowest BCUT2D eigenvalue weighted by Crippen LogP contribution is -2.16. The van der Waals surface area contributed by atoms with Crippen molar-refractivity contribution >= 4 is 5.71 Å². The van der Waals surface area contributed by atoms with Crippen LogP contribution in [0.1, 0.15) is 70.0 Å². The van der Waals surface area contributed by atoms with Gasteiger partial charge in [-0.15, -0.1) is 0 Å². The minimum atomic E-state index is -0.000942. The summed E-state index contributed by atoms with van der Waals surface area (Å²) in [6, 6.07) is 21.1. The fourth-order valence-corrected chi connectivity index (χ4v) is 3.49. The zero-order valence-corrected chi connectivity index (χ0v) is 17.1. The van der Waals surface area contributed by atoms with E-state index in [1.54, 1.807) is 0 Å². The summed E-state index contributed by atoms with van der Waals surface area (Å²) in [4.78, 5) is 5.29. The molecule has 0 radical (unpaired) electrons. The van der Waals surface area contributed by atoms with E-state index in [4.69, 9.17) is 10.7 Å². The number of unbranched alkanes of at least 4 members (excludes halogenated alkanes) is 1. The van der Waals surface area contributed by atoms with E-state index in [-0.39, 0.29) is 6.04 Å². The fraction of sp³-hybridized carbons (Fsp3) is 0.400. The van der Waals surface area contributed by atoms with Crippen LogP contribution < -0.4 is 5.73 Å². The molecule has 1 atom stereocenters. The topological polar surface area (TPSA) is 38.4 Å². The van der Waals surface area contributed by atoms with Crippen molar-refractivity contribution in [1.29, 1.82) is 0 Å². The summed E-state index contributed by atoms with van der Waals surface area (Å²) < 4.78 is 0. The summed E-state index contributed by atoms with van der Waals surface area (Å²) in [6.07, 6.45) is 8.01. The number of hydrogen-bond donors (Lipinski definition) is 1. The van der Waals surface area contributed by atoms with E-state index in [2.05, 4.69) is 80.6 Å². The molecule has 2 aromatic carbocycles. The van der Waals surface area contributed by atoms with Gasteiger partial charge in [0.1, 0.15) is 6.04 Å². The molecule has 0 bridgehead atoms. The molecule has 0 heterocycles. The van der Waals surface area contributed by atoms with E-state index in [1.807, 2.05) is 6.92 Å². The fourth-order valence-electron chi connectivity index (χ4n) is 3.49. The number of rotatable bonds is 10. The Kier molecular flexibility index (Phi) is 8.83. The molecule has 2 heteroatoms.